The van der Waals surface area contributed by atoms with Crippen LogP contribution in [0.25, 0.3) is 0 Å². The fourth-order valence-corrected chi connectivity index (χ4v) is 4.93. The molecule has 0 N–H and O–H groups in total. The first-order chi connectivity index (χ1) is 16.2. The number of carbonyl (C=O) groups excluding carboxylic acids is 1. The van der Waals surface area contributed by atoms with E-state index in [0.717, 1.165) is 13.1 Å². The SMILES string of the molecule is C[C@@H]1C[C@H](Cc2ccccc2F)CN(c2c(Cl)cc(C#CCN(C)CCN(C)C)cc2Cl)C1=O.Cl.Cl. The van der Waals surface area contributed by atoms with Crippen LogP contribution in [0.2, 0.25) is 10.0 Å². The summed E-state index contributed by atoms with van der Waals surface area (Å²) in [5, 5.41) is 0.787. The molecule has 1 heterocycles. The van der Waals surface area contributed by atoms with Gasteiger partial charge in [-0.3, -0.25) is 9.69 Å². The first-order valence-electron chi connectivity index (χ1n) is 11.5. The molecule has 0 radical (unpaired) electrons. The lowest BCUT2D eigenvalue weighted by molar-refractivity contribution is -0.124. The van der Waals surface area contributed by atoms with Crippen molar-refractivity contribution < 1.29 is 9.18 Å². The summed E-state index contributed by atoms with van der Waals surface area (Å²) in [5.74, 6) is 5.95. The van der Waals surface area contributed by atoms with Gasteiger partial charge in [-0.25, -0.2) is 4.39 Å². The predicted molar refractivity (Wildman–Crippen MR) is 154 cm³/mol. The van der Waals surface area contributed by atoms with Gasteiger partial charge in [0.2, 0.25) is 5.91 Å². The molecule has 198 valence electrons. The number of rotatable bonds is 7. The minimum Gasteiger partial charge on any atom is -0.309 e. The second kappa shape index (κ2) is 15.0. The molecule has 0 aliphatic carbocycles. The van der Waals surface area contributed by atoms with Gasteiger partial charge in [0, 0.05) is 31.1 Å². The van der Waals surface area contributed by atoms with Crippen LogP contribution in [-0.4, -0.2) is 63.0 Å². The predicted octanol–water partition coefficient (Wildman–Crippen LogP) is 6.05. The summed E-state index contributed by atoms with van der Waals surface area (Å²) >= 11 is 13.2. The van der Waals surface area contributed by atoms with E-state index >= 15 is 0 Å². The summed E-state index contributed by atoms with van der Waals surface area (Å²) in [6, 6.07) is 10.3. The Bertz CT molecular complexity index is 1060. The Hall–Kier alpha value is -1.52. The molecule has 9 heteroatoms. The third kappa shape index (κ3) is 8.80. The fraction of sp³-hybridized carbons (Fsp3) is 0.444. The van der Waals surface area contributed by atoms with E-state index in [0.29, 0.717) is 52.8 Å². The molecule has 0 aromatic heterocycles. The molecule has 2 aromatic rings. The molecule has 0 bridgehead atoms. The third-order valence-electron chi connectivity index (χ3n) is 6.08. The fourth-order valence-electron chi connectivity index (χ4n) is 4.24. The van der Waals surface area contributed by atoms with Crippen LogP contribution in [0, 0.1) is 29.5 Å². The second-order valence-electron chi connectivity index (χ2n) is 9.38. The number of hydrogen-bond donors (Lipinski definition) is 0. The van der Waals surface area contributed by atoms with Crippen molar-refractivity contribution in [3.05, 3.63) is 63.4 Å². The van der Waals surface area contributed by atoms with Crippen molar-refractivity contribution in [2.24, 2.45) is 11.8 Å². The van der Waals surface area contributed by atoms with Gasteiger partial charge in [0.15, 0.2) is 0 Å². The lowest BCUT2D eigenvalue weighted by Gasteiger charge is -2.37. The third-order valence-corrected chi connectivity index (χ3v) is 6.66. The first kappa shape index (κ1) is 32.5. The molecule has 1 aliphatic heterocycles. The van der Waals surface area contributed by atoms with E-state index in [1.807, 2.05) is 34.1 Å². The summed E-state index contributed by atoms with van der Waals surface area (Å²) in [6.45, 7) is 4.86. The van der Waals surface area contributed by atoms with Gasteiger partial charge in [0.05, 0.1) is 22.3 Å². The molecule has 36 heavy (non-hydrogen) atoms. The Morgan fingerprint density at radius 1 is 1.08 bits per heavy atom. The Morgan fingerprint density at radius 3 is 2.33 bits per heavy atom. The van der Waals surface area contributed by atoms with Gasteiger partial charge in [-0.2, -0.15) is 0 Å². The number of likely N-dealkylation sites (N-methyl/N-ethyl adjacent to an activating group) is 2. The number of nitrogens with zero attached hydrogens (tertiary/aromatic N) is 3. The van der Waals surface area contributed by atoms with Crippen LogP contribution in [-0.2, 0) is 11.2 Å². The average molecular weight is 577 g/mol. The molecule has 2 aromatic carbocycles. The highest BCUT2D eigenvalue weighted by atomic mass is 35.5. The standard InChI is InChI=1S/C27H32Cl2FN3O.2ClH/c1-19-14-21(15-22-9-5-6-10-25(22)30)18-33(27(19)34)26-23(28)16-20(17-24(26)29)8-7-11-32(4)13-12-31(2)3;;/h5-6,9-10,16-17,19,21H,11-15,18H2,1-4H3;2*1H/t19-,21-;;/m1../s1. The van der Waals surface area contributed by atoms with Crippen molar-refractivity contribution in [2.75, 3.05) is 52.2 Å². The first-order valence-corrected chi connectivity index (χ1v) is 12.3. The summed E-state index contributed by atoms with van der Waals surface area (Å²) in [5.41, 5.74) is 1.87. The molecule has 1 amide bonds. The van der Waals surface area contributed by atoms with Gasteiger partial charge in [0.1, 0.15) is 5.82 Å². The van der Waals surface area contributed by atoms with Gasteiger partial charge in [-0.1, -0.05) is 60.2 Å². The molecule has 0 unspecified atom stereocenters. The highest BCUT2D eigenvalue weighted by Gasteiger charge is 2.34. The number of hydrogen-bond acceptors (Lipinski definition) is 3. The Kier molecular flexibility index (Phi) is 13.6. The summed E-state index contributed by atoms with van der Waals surface area (Å²) in [6.07, 6.45) is 1.25. The van der Waals surface area contributed by atoms with E-state index in [4.69, 9.17) is 23.2 Å². The molecular formula is C27H34Cl4FN3O. The maximum Gasteiger partial charge on any atom is 0.229 e. The number of halogens is 5. The van der Waals surface area contributed by atoms with Crippen molar-refractivity contribution in [3.8, 4) is 11.8 Å². The molecule has 3 rings (SSSR count). The zero-order valence-electron chi connectivity index (χ0n) is 21.1. The molecular weight excluding hydrogens is 543 g/mol. The number of anilines is 1. The van der Waals surface area contributed by atoms with E-state index in [9.17, 15) is 9.18 Å². The molecule has 1 fully saturated rings. The number of amides is 1. The Labute approximate surface area is 236 Å². The van der Waals surface area contributed by atoms with Crippen molar-refractivity contribution in [3.63, 3.8) is 0 Å². The maximum absolute atomic E-state index is 14.2. The Morgan fingerprint density at radius 2 is 1.72 bits per heavy atom. The van der Waals surface area contributed by atoms with Crippen molar-refractivity contribution in [1.82, 2.24) is 9.80 Å². The van der Waals surface area contributed by atoms with Gasteiger partial charge in [-0.15, -0.1) is 24.8 Å². The van der Waals surface area contributed by atoms with Gasteiger partial charge in [0.25, 0.3) is 0 Å². The summed E-state index contributed by atoms with van der Waals surface area (Å²) in [4.78, 5) is 19.0. The van der Waals surface area contributed by atoms with Crippen LogP contribution in [0.3, 0.4) is 0 Å². The summed E-state index contributed by atoms with van der Waals surface area (Å²) < 4.78 is 14.2. The maximum atomic E-state index is 14.2. The van der Waals surface area contributed by atoms with Crippen LogP contribution < -0.4 is 4.90 Å². The van der Waals surface area contributed by atoms with Gasteiger partial charge >= 0.3 is 0 Å². The quantitative estimate of drug-likeness (QED) is 0.375. The zero-order valence-corrected chi connectivity index (χ0v) is 24.2. The highest BCUT2D eigenvalue weighted by Crippen LogP contribution is 2.39. The van der Waals surface area contributed by atoms with Crippen molar-refractivity contribution in [2.45, 2.75) is 19.8 Å². The number of piperidine rings is 1. The van der Waals surface area contributed by atoms with Crippen LogP contribution in [0.4, 0.5) is 10.1 Å². The summed E-state index contributed by atoms with van der Waals surface area (Å²) in [7, 11) is 6.12. The smallest absolute Gasteiger partial charge is 0.229 e. The van der Waals surface area contributed by atoms with E-state index in [1.54, 1.807) is 29.2 Å². The van der Waals surface area contributed by atoms with Crippen LogP contribution in [0.5, 0.6) is 0 Å². The van der Waals surface area contributed by atoms with E-state index < -0.39 is 0 Å². The lowest BCUT2D eigenvalue weighted by atomic mass is 9.85. The van der Waals surface area contributed by atoms with E-state index in [2.05, 4.69) is 21.6 Å². The highest BCUT2D eigenvalue weighted by molar-refractivity contribution is 6.40. The van der Waals surface area contributed by atoms with Crippen molar-refractivity contribution >= 4 is 59.6 Å². The van der Waals surface area contributed by atoms with Gasteiger partial charge < -0.3 is 9.80 Å². The molecule has 0 spiro atoms. The van der Waals surface area contributed by atoms with E-state index in [1.165, 1.54) is 6.07 Å². The van der Waals surface area contributed by atoms with E-state index in [-0.39, 0.29) is 48.4 Å². The molecule has 2 atom stereocenters. The largest absolute Gasteiger partial charge is 0.309 e. The van der Waals surface area contributed by atoms with Gasteiger partial charge in [-0.05, 0) is 63.7 Å². The van der Waals surface area contributed by atoms with Crippen LogP contribution in [0.15, 0.2) is 36.4 Å². The molecule has 0 saturated carbocycles. The topological polar surface area (TPSA) is 26.8 Å². The normalized spacial score (nSPS) is 17.4. The minimum atomic E-state index is -0.218. The second-order valence-corrected chi connectivity index (χ2v) is 10.2. The Balaban J connectivity index is 0.00000324. The molecule has 4 nitrogen and oxygen atoms in total. The monoisotopic (exact) mass is 575 g/mol. The zero-order chi connectivity index (χ0) is 24.8. The van der Waals surface area contributed by atoms with Crippen LogP contribution >= 0.6 is 48.0 Å². The molecule has 1 aliphatic rings. The lowest BCUT2D eigenvalue weighted by Crippen LogP contribution is -2.45. The van der Waals surface area contributed by atoms with Crippen LogP contribution in [0.1, 0.15) is 24.5 Å². The number of carbonyl (C=O) groups is 1. The molecule has 1 saturated heterocycles. The van der Waals surface area contributed by atoms with Crippen molar-refractivity contribution in [1.29, 1.82) is 0 Å². The minimum absolute atomic E-state index is 0. The number of benzene rings is 2. The average Bonchev–Trinajstić information content (AvgIpc) is 2.76.